The van der Waals surface area contributed by atoms with E-state index in [2.05, 4.69) is 26.2 Å². The Morgan fingerprint density at radius 2 is 2.12 bits per heavy atom. The molecule has 0 radical (unpaired) electrons. The molecule has 1 aromatic heterocycles. The van der Waals surface area contributed by atoms with Crippen molar-refractivity contribution in [1.82, 2.24) is 35.7 Å². The van der Waals surface area contributed by atoms with E-state index < -0.39 is 12.1 Å². The maximum atomic E-state index is 12.6. The van der Waals surface area contributed by atoms with E-state index in [1.165, 1.54) is 4.90 Å². The summed E-state index contributed by atoms with van der Waals surface area (Å²) in [6.07, 6.45) is 0.722. The van der Waals surface area contributed by atoms with Gasteiger partial charge in [0, 0.05) is 13.1 Å². The molecule has 132 valence electrons. The van der Waals surface area contributed by atoms with Crippen LogP contribution in [0, 0.1) is 0 Å². The van der Waals surface area contributed by atoms with Crippen LogP contribution in [-0.2, 0) is 4.79 Å². The van der Waals surface area contributed by atoms with Crippen molar-refractivity contribution in [1.29, 1.82) is 0 Å². The van der Waals surface area contributed by atoms with Crippen molar-refractivity contribution in [2.75, 3.05) is 13.1 Å². The predicted molar refractivity (Wildman–Crippen MR) is 89.9 cm³/mol. The van der Waals surface area contributed by atoms with Gasteiger partial charge in [0.2, 0.25) is 5.91 Å². The lowest BCUT2D eigenvalue weighted by atomic mass is 10.2. The summed E-state index contributed by atoms with van der Waals surface area (Å²) in [5.74, 6) is 0.376. The number of nitrogens with one attached hydrogen (secondary N) is 2. The van der Waals surface area contributed by atoms with Crippen LogP contribution in [0.25, 0.3) is 5.69 Å². The summed E-state index contributed by atoms with van der Waals surface area (Å²) < 4.78 is 1.59. The van der Waals surface area contributed by atoms with Gasteiger partial charge < -0.3 is 15.5 Å². The molecule has 0 bridgehead atoms. The zero-order valence-corrected chi connectivity index (χ0v) is 14.2. The molecule has 1 aliphatic rings. The maximum absolute atomic E-state index is 12.6. The first-order chi connectivity index (χ1) is 12.1. The van der Waals surface area contributed by atoms with E-state index in [0.717, 1.165) is 12.1 Å². The van der Waals surface area contributed by atoms with Gasteiger partial charge in [0.05, 0.1) is 11.7 Å². The highest BCUT2D eigenvalue weighted by Crippen LogP contribution is 2.15. The zero-order valence-electron chi connectivity index (χ0n) is 14.2. The lowest BCUT2D eigenvalue weighted by Crippen LogP contribution is -2.50. The van der Waals surface area contributed by atoms with Crippen LogP contribution in [0.15, 0.2) is 30.3 Å². The predicted octanol–water partition coefficient (Wildman–Crippen LogP) is 0.643. The molecule has 3 rings (SSSR count). The van der Waals surface area contributed by atoms with Crippen molar-refractivity contribution in [2.45, 2.75) is 32.4 Å². The van der Waals surface area contributed by atoms with Gasteiger partial charge in [0.25, 0.3) is 0 Å². The zero-order chi connectivity index (χ0) is 17.8. The third kappa shape index (κ3) is 3.59. The number of carbonyl (C=O) groups is 2. The second kappa shape index (κ2) is 7.29. The molecule has 2 N–H and O–H groups in total. The molecule has 1 saturated heterocycles. The van der Waals surface area contributed by atoms with E-state index in [1.54, 1.807) is 11.6 Å². The van der Waals surface area contributed by atoms with Gasteiger partial charge >= 0.3 is 6.03 Å². The first kappa shape index (κ1) is 16.9. The van der Waals surface area contributed by atoms with Crippen molar-refractivity contribution in [2.24, 2.45) is 0 Å². The Morgan fingerprint density at radius 1 is 1.36 bits per heavy atom. The van der Waals surface area contributed by atoms with Crippen LogP contribution in [-0.4, -0.2) is 56.2 Å². The Hall–Kier alpha value is -2.97. The Morgan fingerprint density at radius 3 is 2.88 bits per heavy atom. The number of aromatic nitrogens is 4. The monoisotopic (exact) mass is 343 g/mol. The highest BCUT2D eigenvalue weighted by Gasteiger charge is 2.29. The molecule has 2 atom stereocenters. The average Bonchev–Trinajstić information content (AvgIpc) is 3.05. The largest absolute Gasteiger partial charge is 0.354 e. The van der Waals surface area contributed by atoms with E-state index in [1.807, 2.05) is 37.3 Å². The van der Waals surface area contributed by atoms with E-state index in [0.29, 0.717) is 18.9 Å². The summed E-state index contributed by atoms with van der Waals surface area (Å²) in [5, 5.41) is 17.4. The molecule has 9 heteroatoms. The summed E-state index contributed by atoms with van der Waals surface area (Å²) >= 11 is 0. The quantitative estimate of drug-likeness (QED) is 0.851. The van der Waals surface area contributed by atoms with Gasteiger partial charge in [-0.05, 0) is 42.8 Å². The second-order valence-corrected chi connectivity index (χ2v) is 5.97. The third-order valence-electron chi connectivity index (χ3n) is 4.20. The molecule has 0 aliphatic carbocycles. The number of amides is 3. The highest BCUT2D eigenvalue weighted by atomic mass is 16.2. The van der Waals surface area contributed by atoms with Gasteiger partial charge in [-0.2, -0.15) is 4.68 Å². The van der Waals surface area contributed by atoms with Gasteiger partial charge in [0.15, 0.2) is 5.82 Å². The van der Waals surface area contributed by atoms with Gasteiger partial charge in [-0.1, -0.05) is 18.2 Å². The van der Waals surface area contributed by atoms with Crippen LogP contribution < -0.4 is 10.6 Å². The van der Waals surface area contributed by atoms with Crippen molar-refractivity contribution < 1.29 is 9.59 Å². The van der Waals surface area contributed by atoms with E-state index in [-0.39, 0.29) is 11.9 Å². The van der Waals surface area contributed by atoms with Crippen LogP contribution in [0.4, 0.5) is 4.79 Å². The Kier molecular flexibility index (Phi) is 4.92. The lowest BCUT2D eigenvalue weighted by Gasteiger charge is -2.27. The fourth-order valence-corrected chi connectivity index (χ4v) is 2.77. The number of nitrogens with zero attached hydrogens (tertiary/aromatic N) is 5. The number of para-hydroxylation sites is 1. The first-order valence-corrected chi connectivity index (χ1v) is 8.26. The fraction of sp³-hybridized carbons (Fsp3) is 0.438. The molecular formula is C16H21N7O2. The normalized spacial score (nSPS) is 19.0. The third-order valence-corrected chi connectivity index (χ3v) is 4.20. The molecule has 9 nitrogen and oxygen atoms in total. The Balaban J connectivity index is 1.74. The molecule has 2 aromatic rings. The van der Waals surface area contributed by atoms with Crippen molar-refractivity contribution in [3.63, 3.8) is 0 Å². The van der Waals surface area contributed by atoms with Crippen molar-refractivity contribution in [3.05, 3.63) is 36.2 Å². The average molecular weight is 343 g/mol. The van der Waals surface area contributed by atoms with Crippen LogP contribution in [0.1, 0.15) is 32.1 Å². The number of hydrogen-bond acceptors (Lipinski definition) is 5. The van der Waals surface area contributed by atoms with E-state index in [4.69, 9.17) is 0 Å². The van der Waals surface area contributed by atoms with Crippen molar-refractivity contribution in [3.8, 4) is 5.69 Å². The number of hydrogen-bond donors (Lipinski definition) is 2. The number of rotatable bonds is 3. The summed E-state index contributed by atoms with van der Waals surface area (Å²) in [6.45, 7) is 4.63. The van der Waals surface area contributed by atoms with E-state index in [9.17, 15) is 9.59 Å². The second-order valence-electron chi connectivity index (χ2n) is 5.97. The summed E-state index contributed by atoms with van der Waals surface area (Å²) in [4.78, 5) is 26.1. The van der Waals surface area contributed by atoms with Crippen LogP contribution >= 0.6 is 0 Å². The number of carbonyl (C=O) groups excluding carboxylic acids is 2. The van der Waals surface area contributed by atoms with Crippen LogP contribution in [0.5, 0.6) is 0 Å². The topological polar surface area (TPSA) is 105 Å². The summed E-state index contributed by atoms with van der Waals surface area (Å²) in [6, 6.07) is 8.22. The molecule has 1 aliphatic heterocycles. The minimum Gasteiger partial charge on any atom is -0.354 e. The smallest absolute Gasteiger partial charge is 0.318 e. The first-order valence-electron chi connectivity index (χ1n) is 8.26. The van der Waals surface area contributed by atoms with Gasteiger partial charge in [-0.3, -0.25) is 4.79 Å². The lowest BCUT2D eigenvalue weighted by molar-refractivity contribution is -0.124. The van der Waals surface area contributed by atoms with Crippen LogP contribution in [0.3, 0.4) is 0 Å². The van der Waals surface area contributed by atoms with Gasteiger partial charge in [-0.15, -0.1) is 5.10 Å². The van der Waals surface area contributed by atoms with Crippen molar-refractivity contribution >= 4 is 11.9 Å². The molecule has 3 amide bonds. The maximum Gasteiger partial charge on any atom is 0.318 e. The highest BCUT2D eigenvalue weighted by molar-refractivity contribution is 5.87. The number of urea groups is 1. The Bertz CT molecular complexity index is 746. The number of benzene rings is 1. The molecule has 0 unspecified atom stereocenters. The summed E-state index contributed by atoms with van der Waals surface area (Å²) in [5.41, 5.74) is 0.811. The van der Waals surface area contributed by atoms with Gasteiger partial charge in [-0.25, -0.2) is 4.79 Å². The molecule has 1 fully saturated rings. The molecular weight excluding hydrogens is 322 g/mol. The number of tetrazole rings is 1. The standard InChI is InChI=1S/C16H21N7O2/c1-11(14-19-20-21-23(14)13-7-4-3-5-8-13)18-16(25)22-10-6-9-17-15(24)12(22)2/h3-5,7-8,11-12H,6,9-10H2,1-2H3,(H,17,24)(H,18,25)/t11-,12-/m1/s1. The van der Waals surface area contributed by atoms with Crippen LogP contribution in [0.2, 0.25) is 0 Å². The minimum atomic E-state index is -0.514. The Labute approximate surface area is 145 Å². The molecule has 1 aromatic carbocycles. The fourth-order valence-electron chi connectivity index (χ4n) is 2.77. The molecule has 0 saturated carbocycles. The van der Waals surface area contributed by atoms with Gasteiger partial charge in [0.1, 0.15) is 6.04 Å². The molecule has 2 heterocycles. The molecule has 0 spiro atoms. The minimum absolute atomic E-state index is 0.144. The van der Waals surface area contributed by atoms with E-state index >= 15 is 0 Å². The summed E-state index contributed by atoms with van der Waals surface area (Å²) in [7, 11) is 0. The molecule has 25 heavy (non-hydrogen) atoms. The SMILES string of the molecule is C[C@@H]1C(=O)NCCCN1C(=O)N[C@H](C)c1nnnn1-c1ccccc1.